The number of hydrogen-bond donors (Lipinski definition) is 1. The summed E-state index contributed by atoms with van der Waals surface area (Å²) in [7, 11) is 1.99. The van der Waals surface area contributed by atoms with Gasteiger partial charge in [-0.3, -0.25) is 4.79 Å². The monoisotopic (exact) mass is 250 g/mol. The fourth-order valence-electron chi connectivity index (χ4n) is 4.87. The summed E-state index contributed by atoms with van der Waals surface area (Å²) < 4.78 is 0. The summed E-state index contributed by atoms with van der Waals surface area (Å²) in [6.07, 6.45) is 10.2. The molecular weight excluding hydrogens is 224 g/mol. The highest BCUT2D eigenvalue weighted by molar-refractivity contribution is 5.82. The number of fused-ring (bicyclic) bond motifs is 3. The van der Waals surface area contributed by atoms with Gasteiger partial charge in [-0.1, -0.05) is 25.7 Å². The third kappa shape index (κ3) is 1.87. The second kappa shape index (κ2) is 4.84. The Balaban J connectivity index is 1.93. The summed E-state index contributed by atoms with van der Waals surface area (Å²) in [5, 5.41) is 0. The number of carbonyl (C=O) groups is 1. The van der Waals surface area contributed by atoms with Gasteiger partial charge >= 0.3 is 0 Å². The molecule has 18 heavy (non-hydrogen) atoms. The molecule has 0 spiro atoms. The van der Waals surface area contributed by atoms with E-state index in [1.54, 1.807) is 0 Å². The van der Waals surface area contributed by atoms with Gasteiger partial charge in [0.2, 0.25) is 5.91 Å². The van der Waals surface area contributed by atoms with Crippen molar-refractivity contribution in [3.05, 3.63) is 0 Å². The van der Waals surface area contributed by atoms with Gasteiger partial charge in [-0.05, 0) is 43.4 Å². The maximum atomic E-state index is 12.5. The minimum atomic E-state index is -0.231. The van der Waals surface area contributed by atoms with Gasteiger partial charge in [0.1, 0.15) is 0 Å². The minimum Gasteiger partial charge on any atom is -0.341 e. The van der Waals surface area contributed by atoms with E-state index in [9.17, 15) is 4.79 Å². The largest absolute Gasteiger partial charge is 0.341 e. The number of rotatable bonds is 0. The molecule has 0 aromatic carbocycles. The van der Waals surface area contributed by atoms with E-state index in [2.05, 4.69) is 0 Å². The average molecular weight is 250 g/mol. The Kier molecular flexibility index (Phi) is 3.35. The van der Waals surface area contributed by atoms with Gasteiger partial charge in [-0.15, -0.1) is 0 Å². The Morgan fingerprint density at radius 2 is 1.50 bits per heavy atom. The predicted octanol–water partition coefficient (Wildman–Crippen LogP) is 2.15. The van der Waals surface area contributed by atoms with Crippen molar-refractivity contribution < 1.29 is 4.79 Å². The van der Waals surface area contributed by atoms with Gasteiger partial charge < -0.3 is 10.6 Å². The molecule has 3 rings (SSSR count). The molecule has 3 fully saturated rings. The first-order valence-electron chi connectivity index (χ1n) is 7.72. The first-order valence-corrected chi connectivity index (χ1v) is 7.72. The van der Waals surface area contributed by atoms with E-state index >= 15 is 0 Å². The van der Waals surface area contributed by atoms with Crippen molar-refractivity contribution in [1.82, 2.24) is 4.90 Å². The van der Waals surface area contributed by atoms with Gasteiger partial charge in [0.15, 0.2) is 0 Å². The number of nitrogens with two attached hydrogens (primary N) is 1. The van der Waals surface area contributed by atoms with E-state index in [1.807, 2.05) is 11.9 Å². The summed E-state index contributed by atoms with van der Waals surface area (Å²) in [5.74, 6) is 2.11. The molecule has 3 heteroatoms. The Morgan fingerprint density at radius 3 is 2.22 bits per heavy atom. The maximum Gasteiger partial charge on any atom is 0.239 e. The molecule has 1 aliphatic heterocycles. The van der Waals surface area contributed by atoms with Crippen molar-refractivity contribution in [2.75, 3.05) is 7.05 Å². The summed E-state index contributed by atoms with van der Waals surface area (Å²) in [4.78, 5) is 14.5. The number of likely N-dealkylation sites (N-methyl/N-ethyl adjacent to an activating group) is 1. The van der Waals surface area contributed by atoms with Crippen LogP contribution in [-0.4, -0.2) is 29.9 Å². The highest BCUT2D eigenvalue weighted by atomic mass is 16.2. The molecule has 0 aromatic rings. The number of likely N-dealkylation sites (tertiary alicyclic amines) is 1. The fourth-order valence-corrected chi connectivity index (χ4v) is 4.87. The Bertz CT molecular complexity index is 300. The molecular formula is C15H26N2O. The van der Waals surface area contributed by atoms with Crippen molar-refractivity contribution in [2.24, 2.45) is 23.5 Å². The number of amides is 1. The first-order chi connectivity index (χ1) is 8.70. The fraction of sp³-hybridized carbons (Fsp3) is 0.933. The van der Waals surface area contributed by atoms with Gasteiger partial charge in [-0.2, -0.15) is 0 Å². The third-order valence-corrected chi connectivity index (χ3v) is 5.80. The molecule has 2 aliphatic carbocycles. The Labute approximate surface area is 110 Å². The lowest BCUT2D eigenvalue weighted by Crippen LogP contribution is -2.48. The first kappa shape index (κ1) is 12.5. The Hall–Kier alpha value is -0.570. The molecule has 3 aliphatic rings. The van der Waals surface area contributed by atoms with Crippen LogP contribution in [0.5, 0.6) is 0 Å². The smallest absolute Gasteiger partial charge is 0.239 e. The third-order valence-electron chi connectivity index (χ3n) is 5.80. The van der Waals surface area contributed by atoms with Crippen molar-refractivity contribution in [3.8, 4) is 0 Å². The lowest BCUT2D eigenvalue weighted by atomic mass is 9.65. The van der Waals surface area contributed by atoms with Gasteiger partial charge in [0, 0.05) is 13.1 Å². The van der Waals surface area contributed by atoms with Crippen LogP contribution in [0.1, 0.15) is 51.4 Å². The SMILES string of the molecule is CN1C(=O)[C@H](N)[C@@H]2CCCC[C@@H]2[C@H]2CCCC[C@@H]21. The molecule has 2 N–H and O–H groups in total. The molecule has 3 nitrogen and oxygen atoms in total. The van der Waals surface area contributed by atoms with Crippen molar-refractivity contribution in [3.63, 3.8) is 0 Å². The molecule has 0 unspecified atom stereocenters. The van der Waals surface area contributed by atoms with Crippen LogP contribution in [0, 0.1) is 17.8 Å². The lowest BCUT2D eigenvalue weighted by molar-refractivity contribution is -0.134. The molecule has 1 amide bonds. The predicted molar refractivity (Wildman–Crippen MR) is 71.9 cm³/mol. The topological polar surface area (TPSA) is 46.3 Å². The second-order valence-corrected chi connectivity index (χ2v) is 6.60. The van der Waals surface area contributed by atoms with E-state index in [0.717, 1.165) is 5.92 Å². The zero-order chi connectivity index (χ0) is 12.7. The van der Waals surface area contributed by atoms with Crippen LogP contribution in [0.3, 0.4) is 0 Å². The molecule has 2 saturated carbocycles. The minimum absolute atomic E-state index is 0.210. The van der Waals surface area contributed by atoms with Crippen LogP contribution in [0.2, 0.25) is 0 Å². The summed E-state index contributed by atoms with van der Waals surface area (Å²) >= 11 is 0. The van der Waals surface area contributed by atoms with E-state index in [1.165, 1.54) is 51.4 Å². The van der Waals surface area contributed by atoms with Crippen LogP contribution in [-0.2, 0) is 4.79 Å². The highest BCUT2D eigenvalue weighted by Gasteiger charge is 2.47. The molecule has 1 saturated heterocycles. The number of nitrogens with zero attached hydrogens (tertiary/aromatic N) is 1. The zero-order valence-corrected chi connectivity index (χ0v) is 11.5. The van der Waals surface area contributed by atoms with Crippen molar-refractivity contribution in [1.29, 1.82) is 0 Å². The quantitative estimate of drug-likeness (QED) is 0.716. The molecule has 0 bridgehead atoms. The van der Waals surface area contributed by atoms with Crippen LogP contribution >= 0.6 is 0 Å². The van der Waals surface area contributed by atoms with Crippen LogP contribution in [0.4, 0.5) is 0 Å². The molecule has 102 valence electrons. The van der Waals surface area contributed by atoms with Gasteiger partial charge in [-0.25, -0.2) is 0 Å². The highest BCUT2D eigenvalue weighted by Crippen LogP contribution is 2.46. The van der Waals surface area contributed by atoms with E-state index in [0.29, 0.717) is 17.9 Å². The lowest BCUT2D eigenvalue weighted by Gasteiger charge is -2.42. The molecule has 0 aromatic heterocycles. The standard InChI is InChI=1S/C15H26N2O/c1-17-13-9-5-4-7-11(13)10-6-2-3-8-12(10)14(16)15(17)18/h10-14H,2-9,16H2,1H3/t10-,11-,12-,13+,14-/m1/s1. The van der Waals surface area contributed by atoms with Crippen LogP contribution < -0.4 is 5.73 Å². The average Bonchev–Trinajstić information content (AvgIpc) is 2.51. The van der Waals surface area contributed by atoms with E-state index in [-0.39, 0.29) is 11.9 Å². The van der Waals surface area contributed by atoms with Gasteiger partial charge in [0.05, 0.1) is 6.04 Å². The number of carbonyl (C=O) groups excluding carboxylic acids is 1. The van der Waals surface area contributed by atoms with Crippen molar-refractivity contribution in [2.45, 2.75) is 63.5 Å². The van der Waals surface area contributed by atoms with Crippen molar-refractivity contribution >= 4 is 5.91 Å². The summed E-state index contributed by atoms with van der Waals surface area (Å²) in [6.45, 7) is 0. The van der Waals surface area contributed by atoms with E-state index < -0.39 is 0 Å². The van der Waals surface area contributed by atoms with Crippen LogP contribution in [0.25, 0.3) is 0 Å². The zero-order valence-electron chi connectivity index (χ0n) is 11.5. The summed E-state index contributed by atoms with van der Waals surface area (Å²) in [6, 6.07) is 0.247. The molecule has 5 atom stereocenters. The molecule has 1 heterocycles. The normalized spacial score (nSPS) is 45.1. The Morgan fingerprint density at radius 1 is 0.944 bits per heavy atom. The maximum absolute atomic E-state index is 12.5. The number of hydrogen-bond acceptors (Lipinski definition) is 2. The molecule has 0 radical (unpaired) electrons. The van der Waals surface area contributed by atoms with Gasteiger partial charge in [0.25, 0.3) is 0 Å². The second-order valence-electron chi connectivity index (χ2n) is 6.60. The summed E-state index contributed by atoms with van der Waals surface area (Å²) in [5.41, 5.74) is 6.29. The van der Waals surface area contributed by atoms with E-state index in [4.69, 9.17) is 5.73 Å². The van der Waals surface area contributed by atoms with Crippen LogP contribution in [0.15, 0.2) is 0 Å².